The SMILES string of the molecule is Fc1cnc2c(c1)C(Br)=CC2. The summed E-state index contributed by atoms with van der Waals surface area (Å²) in [5.74, 6) is -0.281. The molecule has 0 bridgehead atoms. The maximum Gasteiger partial charge on any atom is 0.142 e. The van der Waals surface area contributed by atoms with Gasteiger partial charge in [0.2, 0.25) is 0 Å². The van der Waals surface area contributed by atoms with E-state index in [4.69, 9.17) is 0 Å². The van der Waals surface area contributed by atoms with Crippen LogP contribution in [0.25, 0.3) is 4.48 Å². The van der Waals surface area contributed by atoms with Gasteiger partial charge < -0.3 is 0 Å². The second-order valence-electron chi connectivity index (χ2n) is 2.40. The largest absolute Gasteiger partial charge is 0.257 e. The summed E-state index contributed by atoms with van der Waals surface area (Å²) in [4.78, 5) is 3.95. The molecule has 0 unspecified atom stereocenters. The molecule has 11 heavy (non-hydrogen) atoms. The molecule has 0 spiro atoms. The third-order valence-corrected chi connectivity index (χ3v) is 2.42. The topological polar surface area (TPSA) is 12.9 Å². The molecule has 0 amide bonds. The van der Waals surface area contributed by atoms with E-state index in [1.165, 1.54) is 12.3 Å². The molecule has 0 atom stereocenters. The lowest BCUT2D eigenvalue weighted by molar-refractivity contribution is 0.619. The van der Waals surface area contributed by atoms with Crippen molar-refractivity contribution < 1.29 is 4.39 Å². The Morgan fingerprint density at radius 2 is 2.36 bits per heavy atom. The molecule has 0 aromatic carbocycles. The number of aromatic nitrogens is 1. The summed E-state index contributed by atoms with van der Waals surface area (Å²) in [6.07, 6.45) is 4.03. The number of hydrogen-bond acceptors (Lipinski definition) is 1. The number of halogens is 2. The molecule has 1 aromatic rings. The molecule has 1 nitrogen and oxygen atoms in total. The summed E-state index contributed by atoms with van der Waals surface area (Å²) in [5, 5.41) is 0. The average Bonchev–Trinajstić information content (AvgIpc) is 2.33. The van der Waals surface area contributed by atoms with Crippen molar-refractivity contribution in [2.75, 3.05) is 0 Å². The zero-order valence-corrected chi connectivity index (χ0v) is 7.23. The maximum atomic E-state index is 12.6. The van der Waals surface area contributed by atoms with Crippen molar-refractivity contribution in [2.45, 2.75) is 6.42 Å². The van der Waals surface area contributed by atoms with Gasteiger partial charge in [-0.15, -0.1) is 0 Å². The van der Waals surface area contributed by atoms with E-state index in [0.717, 1.165) is 22.2 Å². The second-order valence-corrected chi connectivity index (χ2v) is 3.26. The van der Waals surface area contributed by atoms with Crippen LogP contribution in [0.3, 0.4) is 0 Å². The highest BCUT2D eigenvalue weighted by Gasteiger charge is 2.13. The quantitative estimate of drug-likeness (QED) is 0.646. The van der Waals surface area contributed by atoms with E-state index in [2.05, 4.69) is 20.9 Å². The van der Waals surface area contributed by atoms with Crippen molar-refractivity contribution in [3.63, 3.8) is 0 Å². The Kier molecular flexibility index (Phi) is 1.53. The molecule has 0 saturated heterocycles. The summed E-state index contributed by atoms with van der Waals surface area (Å²) < 4.78 is 13.6. The lowest BCUT2D eigenvalue weighted by Crippen LogP contribution is -1.89. The van der Waals surface area contributed by atoms with Gasteiger partial charge in [0, 0.05) is 16.5 Å². The fraction of sp³-hybridized carbons (Fsp3) is 0.125. The van der Waals surface area contributed by atoms with Gasteiger partial charge in [-0.1, -0.05) is 22.0 Å². The smallest absolute Gasteiger partial charge is 0.142 e. The van der Waals surface area contributed by atoms with E-state index in [1.807, 2.05) is 6.08 Å². The molecule has 1 heterocycles. The van der Waals surface area contributed by atoms with E-state index in [1.54, 1.807) is 0 Å². The number of allylic oxidation sites excluding steroid dienone is 1. The minimum atomic E-state index is -0.281. The highest BCUT2D eigenvalue weighted by molar-refractivity contribution is 9.15. The van der Waals surface area contributed by atoms with Crippen molar-refractivity contribution in [3.8, 4) is 0 Å². The van der Waals surface area contributed by atoms with Gasteiger partial charge in [0.15, 0.2) is 0 Å². The first kappa shape index (κ1) is 6.98. The Balaban J connectivity index is 2.60. The van der Waals surface area contributed by atoms with Gasteiger partial charge in [0.05, 0.1) is 11.9 Å². The van der Waals surface area contributed by atoms with Crippen LogP contribution in [-0.4, -0.2) is 4.98 Å². The summed E-state index contributed by atoms with van der Waals surface area (Å²) in [6, 6.07) is 1.50. The van der Waals surface area contributed by atoms with E-state index >= 15 is 0 Å². The highest BCUT2D eigenvalue weighted by Crippen LogP contribution is 2.30. The van der Waals surface area contributed by atoms with Crippen LogP contribution >= 0.6 is 15.9 Å². The monoisotopic (exact) mass is 213 g/mol. The summed E-state index contributed by atoms with van der Waals surface area (Å²) in [6.45, 7) is 0. The molecule has 1 aliphatic carbocycles. The van der Waals surface area contributed by atoms with Crippen LogP contribution in [0, 0.1) is 5.82 Å². The number of fused-ring (bicyclic) bond motifs is 1. The summed E-state index contributed by atoms with van der Waals surface area (Å²) >= 11 is 3.33. The zero-order chi connectivity index (χ0) is 7.84. The molecule has 0 aliphatic heterocycles. The average molecular weight is 214 g/mol. The van der Waals surface area contributed by atoms with Gasteiger partial charge >= 0.3 is 0 Å². The van der Waals surface area contributed by atoms with Gasteiger partial charge in [0.1, 0.15) is 5.82 Å². The first-order valence-corrected chi connectivity index (χ1v) is 4.07. The Hall–Kier alpha value is -0.700. The Labute approximate surface area is 72.1 Å². The molecule has 0 radical (unpaired) electrons. The van der Waals surface area contributed by atoms with Crippen molar-refractivity contribution in [1.82, 2.24) is 4.98 Å². The van der Waals surface area contributed by atoms with Crippen LogP contribution in [-0.2, 0) is 6.42 Å². The summed E-state index contributed by atoms with van der Waals surface area (Å²) in [5.41, 5.74) is 1.82. The van der Waals surface area contributed by atoms with Crippen LogP contribution in [0.2, 0.25) is 0 Å². The Bertz CT molecular complexity index is 333. The zero-order valence-electron chi connectivity index (χ0n) is 5.64. The molecular formula is C8H5BrFN. The van der Waals surface area contributed by atoms with Crippen LogP contribution < -0.4 is 0 Å². The van der Waals surface area contributed by atoms with Crippen LogP contribution in [0.5, 0.6) is 0 Å². The standard InChI is InChI=1S/C8H5BrFN/c9-7-1-2-8-6(7)3-5(10)4-11-8/h1,3-4H,2H2. The summed E-state index contributed by atoms with van der Waals surface area (Å²) in [7, 11) is 0. The van der Waals surface area contributed by atoms with Crippen molar-refractivity contribution in [2.24, 2.45) is 0 Å². The minimum Gasteiger partial charge on any atom is -0.257 e. The second kappa shape index (κ2) is 2.41. The molecule has 0 saturated carbocycles. The van der Waals surface area contributed by atoms with E-state index in [0.29, 0.717) is 0 Å². The lowest BCUT2D eigenvalue weighted by atomic mass is 10.2. The maximum absolute atomic E-state index is 12.6. The van der Waals surface area contributed by atoms with Crippen molar-refractivity contribution >= 4 is 20.4 Å². The predicted molar refractivity (Wildman–Crippen MR) is 44.8 cm³/mol. The minimum absolute atomic E-state index is 0.281. The van der Waals surface area contributed by atoms with Crippen molar-refractivity contribution in [3.05, 3.63) is 35.4 Å². The highest BCUT2D eigenvalue weighted by atomic mass is 79.9. The van der Waals surface area contributed by atoms with Gasteiger partial charge in [-0.3, -0.25) is 4.98 Å². The van der Waals surface area contributed by atoms with E-state index in [9.17, 15) is 4.39 Å². The third kappa shape index (κ3) is 1.09. The number of hydrogen-bond donors (Lipinski definition) is 0. The molecular weight excluding hydrogens is 209 g/mol. The van der Waals surface area contributed by atoms with Crippen LogP contribution in [0.15, 0.2) is 18.3 Å². The first-order chi connectivity index (χ1) is 5.27. The number of rotatable bonds is 0. The van der Waals surface area contributed by atoms with Gasteiger partial charge in [-0.25, -0.2) is 4.39 Å². The van der Waals surface area contributed by atoms with Gasteiger partial charge in [0.25, 0.3) is 0 Å². The van der Waals surface area contributed by atoms with Crippen LogP contribution in [0.1, 0.15) is 11.3 Å². The van der Waals surface area contributed by atoms with E-state index in [-0.39, 0.29) is 5.82 Å². The first-order valence-electron chi connectivity index (χ1n) is 3.28. The normalized spacial score (nSPS) is 14.5. The van der Waals surface area contributed by atoms with Gasteiger partial charge in [-0.05, 0) is 6.07 Å². The molecule has 0 fully saturated rings. The third-order valence-electron chi connectivity index (χ3n) is 1.67. The molecule has 1 aliphatic rings. The molecule has 0 N–H and O–H groups in total. The predicted octanol–water partition coefficient (Wildman–Crippen LogP) is 2.51. The van der Waals surface area contributed by atoms with Crippen molar-refractivity contribution in [1.29, 1.82) is 0 Å². The number of pyridine rings is 1. The fourth-order valence-corrected chi connectivity index (χ4v) is 1.64. The molecule has 3 heteroatoms. The lowest BCUT2D eigenvalue weighted by Gasteiger charge is -1.97. The molecule has 56 valence electrons. The van der Waals surface area contributed by atoms with Crippen LogP contribution in [0.4, 0.5) is 4.39 Å². The van der Waals surface area contributed by atoms with Gasteiger partial charge in [-0.2, -0.15) is 0 Å². The Morgan fingerprint density at radius 1 is 1.55 bits per heavy atom. The van der Waals surface area contributed by atoms with E-state index < -0.39 is 0 Å². The Morgan fingerprint density at radius 3 is 3.18 bits per heavy atom. The molecule has 2 rings (SSSR count). The fourth-order valence-electron chi connectivity index (χ4n) is 1.13. The molecule has 1 aromatic heterocycles. The number of nitrogens with zero attached hydrogens (tertiary/aromatic N) is 1.